The normalized spacial score (nSPS) is 16.8. The number of aryl methyl sites for hydroxylation is 1. The first-order chi connectivity index (χ1) is 14.4. The SMILES string of the molecule is CN1CCC/C1=N/S(=O)(=O)c1ccc(NC(=O)CCc2ccc3c(c2)OCO3)cc1. The Morgan fingerprint density at radius 2 is 1.90 bits per heavy atom. The second kappa shape index (κ2) is 8.35. The number of carbonyl (C=O) groups is 1. The molecular weight excluding hydrogens is 406 g/mol. The molecule has 2 aliphatic heterocycles. The van der Waals surface area contributed by atoms with Crippen molar-refractivity contribution >= 4 is 27.5 Å². The van der Waals surface area contributed by atoms with Crippen LogP contribution in [0.1, 0.15) is 24.8 Å². The number of ether oxygens (including phenoxy) is 2. The van der Waals surface area contributed by atoms with Gasteiger partial charge in [-0.3, -0.25) is 4.79 Å². The van der Waals surface area contributed by atoms with Gasteiger partial charge in [0.25, 0.3) is 10.0 Å². The second-order valence-electron chi connectivity index (χ2n) is 7.27. The predicted octanol–water partition coefficient (Wildman–Crippen LogP) is 2.80. The Bertz CT molecular complexity index is 1080. The summed E-state index contributed by atoms with van der Waals surface area (Å²) in [5.41, 5.74) is 1.52. The maximum absolute atomic E-state index is 12.5. The van der Waals surface area contributed by atoms with Gasteiger partial charge in [-0.2, -0.15) is 8.42 Å². The topological polar surface area (TPSA) is 97.3 Å². The van der Waals surface area contributed by atoms with Crippen molar-refractivity contribution in [2.75, 3.05) is 25.7 Å². The van der Waals surface area contributed by atoms with E-state index in [0.717, 1.165) is 18.5 Å². The molecule has 1 N–H and O–H groups in total. The average Bonchev–Trinajstić information content (AvgIpc) is 3.35. The van der Waals surface area contributed by atoms with Gasteiger partial charge in [-0.15, -0.1) is 4.40 Å². The zero-order valence-electron chi connectivity index (χ0n) is 16.6. The van der Waals surface area contributed by atoms with Crippen LogP contribution in [0.4, 0.5) is 5.69 Å². The summed E-state index contributed by atoms with van der Waals surface area (Å²) in [6.07, 6.45) is 2.41. The van der Waals surface area contributed by atoms with Gasteiger partial charge in [0.2, 0.25) is 12.7 Å². The molecule has 158 valence electrons. The summed E-state index contributed by atoms with van der Waals surface area (Å²) in [6, 6.07) is 11.7. The molecule has 2 heterocycles. The lowest BCUT2D eigenvalue weighted by Gasteiger charge is -2.11. The Balaban J connectivity index is 1.34. The summed E-state index contributed by atoms with van der Waals surface area (Å²) in [5, 5.41) is 2.79. The number of anilines is 1. The Morgan fingerprint density at radius 3 is 2.63 bits per heavy atom. The molecule has 9 heteroatoms. The van der Waals surface area contributed by atoms with Crippen molar-refractivity contribution in [1.29, 1.82) is 0 Å². The monoisotopic (exact) mass is 429 g/mol. The van der Waals surface area contributed by atoms with Gasteiger partial charge in [0.05, 0.1) is 4.90 Å². The van der Waals surface area contributed by atoms with Crippen LogP contribution >= 0.6 is 0 Å². The Morgan fingerprint density at radius 1 is 1.13 bits per heavy atom. The third kappa shape index (κ3) is 4.56. The van der Waals surface area contributed by atoms with E-state index in [1.54, 1.807) is 12.1 Å². The first-order valence-electron chi connectivity index (χ1n) is 9.74. The van der Waals surface area contributed by atoms with Crippen LogP contribution in [0.5, 0.6) is 11.5 Å². The van der Waals surface area contributed by atoms with Gasteiger partial charge in [-0.25, -0.2) is 0 Å². The molecule has 1 saturated heterocycles. The number of fused-ring (bicyclic) bond motifs is 1. The van der Waals surface area contributed by atoms with Gasteiger partial charge >= 0.3 is 0 Å². The van der Waals surface area contributed by atoms with Gasteiger partial charge in [0, 0.05) is 32.1 Å². The maximum Gasteiger partial charge on any atom is 0.283 e. The van der Waals surface area contributed by atoms with E-state index < -0.39 is 10.0 Å². The summed E-state index contributed by atoms with van der Waals surface area (Å²) in [4.78, 5) is 14.2. The molecule has 1 amide bonds. The lowest BCUT2D eigenvalue weighted by atomic mass is 10.1. The van der Waals surface area contributed by atoms with Crippen molar-refractivity contribution in [3.05, 3.63) is 48.0 Å². The molecule has 0 saturated carbocycles. The van der Waals surface area contributed by atoms with Crippen LogP contribution in [0.15, 0.2) is 51.8 Å². The van der Waals surface area contributed by atoms with E-state index in [4.69, 9.17) is 9.47 Å². The molecule has 2 aliphatic rings. The van der Waals surface area contributed by atoms with Crippen molar-refractivity contribution in [2.45, 2.75) is 30.6 Å². The van der Waals surface area contributed by atoms with Crippen molar-refractivity contribution in [3.63, 3.8) is 0 Å². The number of benzene rings is 2. The van der Waals surface area contributed by atoms with Gasteiger partial charge in [-0.05, 0) is 54.8 Å². The summed E-state index contributed by atoms with van der Waals surface area (Å²) in [6.45, 7) is 1.03. The third-order valence-corrected chi connectivity index (χ3v) is 6.39. The van der Waals surface area contributed by atoms with E-state index in [0.29, 0.717) is 42.3 Å². The minimum atomic E-state index is -3.76. The Hall–Kier alpha value is -3.07. The molecule has 0 bridgehead atoms. The number of carbonyl (C=O) groups excluding carboxylic acids is 1. The maximum atomic E-state index is 12.5. The average molecular weight is 429 g/mol. The molecule has 2 aromatic rings. The van der Waals surface area contributed by atoms with Crippen LogP contribution in [0, 0.1) is 0 Å². The highest BCUT2D eigenvalue weighted by Crippen LogP contribution is 2.32. The fraction of sp³-hybridized carbons (Fsp3) is 0.333. The van der Waals surface area contributed by atoms with Crippen LogP contribution in [0.3, 0.4) is 0 Å². The predicted molar refractivity (Wildman–Crippen MR) is 112 cm³/mol. The largest absolute Gasteiger partial charge is 0.454 e. The minimum Gasteiger partial charge on any atom is -0.454 e. The molecule has 0 aromatic heterocycles. The molecule has 30 heavy (non-hydrogen) atoms. The lowest BCUT2D eigenvalue weighted by molar-refractivity contribution is -0.116. The van der Waals surface area contributed by atoms with Crippen LogP contribution in [-0.4, -0.2) is 45.4 Å². The zero-order valence-corrected chi connectivity index (χ0v) is 17.4. The number of hydrogen-bond donors (Lipinski definition) is 1. The van der Waals surface area contributed by atoms with Gasteiger partial charge < -0.3 is 19.7 Å². The molecule has 0 aliphatic carbocycles. The molecule has 4 rings (SSSR count). The van der Waals surface area contributed by atoms with Crippen LogP contribution in [0.25, 0.3) is 0 Å². The van der Waals surface area contributed by atoms with E-state index in [2.05, 4.69) is 9.71 Å². The molecule has 8 nitrogen and oxygen atoms in total. The molecular formula is C21H23N3O5S. The lowest BCUT2D eigenvalue weighted by Crippen LogP contribution is -2.20. The molecule has 0 radical (unpaired) electrons. The highest BCUT2D eigenvalue weighted by Gasteiger charge is 2.20. The van der Waals surface area contributed by atoms with E-state index in [1.807, 2.05) is 30.1 Å². The van der Waals surface area contributed by atoms with E-state index in [1.165, 1.54) is 12.1 Å². The summed E-state index contributed by atoms with van der Waals surface area (Å²) >= 11 is 0. The molecule has 1 fully saturated rings. The van der Waals surface area contributed by atoms with Crippen molar-refractivity contribution in [3.8, 4) is 11.5 Å². The molecule has 0 atom stereocenters. The first-order valence-corrected chi connectivity index (χ1v) is 11.2. The van der Waals surface area contributed by atoms with E-state index >= 15 is 0 Å². The third-order valence-electron chi connectivity index (χ3n) is 5.07. The van der Waals surface area contributed by atoms with Gasteiger partial charge in [0.1, 0.15) is 5.84 Å². The number of sulfonamides is 1. The molecule has 2 aromatic carbocycles. The van der Waals surface area contributed by atoms with Crippen LogP contribution in [0.2, 0.25) is 0 Å². The Kier molecular flexibility index (Phi) is 5.63. The van der Waals surface area contributed by atoms with Crippen LogP contribution < -0.4 is 14.8 Å². The summed E-state index contributed by atoms with van der Waals surface area (Å²) in [5.74, 6) is 1.83. The van der Waals surface area contributed by atoms with Crippen molar-refractivity contribution in [2.24, 2.45) is 4.40 Å². The quantitative estimate of drug-likeness (QED) is 0.758. The van der Waals surface area contributed by atoms with Gasteiger partial charge in [-0.1, -0.05) is 6.07 Å². The molecule has 0 spiro atoms. The van der Waals surface area contributed by atoms with E-state index in [-0.39, 0.29) is 17.6 Å². The number of nitrogens with one attached hydrogen (secondary N) is 1. The zero-order chi connectivity index (χ0) is 21.1. The second-order valence-corrected chi connectivity index (χ2v) is 8.87. The van der Waals surface area contributed by atoms with Gasteiger partial charge in [0.15, 0.2) is 11.5 Å². The summed E-state index contributed by atoms with van der Waals surface area (Å²) in [7, 11) is -1.92. The summed E-state index contributed by atoms with van der Waals surface area (Å²) < 4.78 is 39.5. The van der Waals surface area contributed by atoms with Crippen LogP contribution in [-0.2, 0) is 21.2 Å². The van der Waals surface area contributed by atoms with Crippen molar-refractivity contribution in [1.82, 2.24) is 4.90 Å². The first kappa shape index (κ1) is 20.2. The molecule has 0 unspecified atom stereocenters. The number of amidine groups is 1. The number of nitrogens with zero attached hydrogens (tertiary/aromatic N) is 2. The standard InChI is InChI=1S/C21H23N3O5S/c1-24-12-2-3-20(24)23-30(26,27)17-8-6-16(7-9-17)22-21(25)11-5-15-4-10-18-19(13-15)29-14-28-18/h4,6-10,13H,2-3,5,11-12,14H2,1H3,(H,22,25)/b23-20-. The Labute approximate surface area is 175 Å². The fourth-order valence-corrected chi connectivity index (χ4v) is 4.48. The van der Waals surface area contributed by atoms with E-state index in [9.17, 15) is 13.2 Å². The van der Waals surface area contributed by atoms with Crippen molar-refractivity contribution < 1.29 is 22.7 Å². The smallest absolute Gasteiger partial charge is 0.283 e. The highest BCUT2D eigenvalue weighted by molar-refractivity contribution is 7.90. The fourth-order valence-electron chi connectivity index (χ4n) is 3.39. The number of likely N-dealkylation sites (tertiary alicyclic amines) is 1. The number of hydrogen-bond acceptors (Lipinski definition) is 5. The highest BCUT2D eigenvalue weighted by atomic mass is 32.2. The number of rotatable bonds is 6. The number of amides is 1. The minimum absolute atomic E-state index is 0.105.